The van der Waals surface area contributed by atoms with E-state index in [4.69, 9.17) is 27.9 Å². The second-order valence-corrected chi connectivity index (χ2v) is 6.37. The molecule has 6 heteroatoms. The number of ether oxygens (including phenoxy) is 1. The Labute approximate surface area is 150 Å². The first-order valence-electron chi connectivity index (χ1n) is 7.47. The van der Waals surface area contributed by atoms with Crippen LogP contribution in [-0.4, -0.2) is 22.6 Å². The smallest absolute Gasteiger partial charge is 0.305 e. The summed E-state index contributed by atoms with van der Waals surface area (Å²) < 4.78 is 6.79. The van der Waals surface area contributed by atoms with Crippen molar-refractivity contribution in [1.29, 1.82) is 0 Å². The first kappa shape index (κ1) is 16.8. The molecule has 0 N–H and O–H groups in total. The van der Waals surface area contributed by atoms with Crippen LogP contribution >= 0.6 is 23.2 Å². The molecule has 2 heterocycles. The Hall–Kier alpha value is -2.04. The SMILES string of the molecule is COC(=O)CCc1c(-c2ccc(Cl)cc2)n(C)c2ncc(Cl)cc12. The van der Waals surface area contributed by atoms with E-state index in [0.717, 1.165) is 27.9 Å². The standard InChI is InChI=1S/C18H16Cl2N2O2/c1-22-17(11-3-5-12(19)6-4-11)14(7-8-16(23)24-2)15-9-13(20)10-21-18(15)22/h3-6,9-10H,7-8H2,1-2H3. The molecule has 0 atom stereocenters. The summed E-state index contributed by atoms with van der Waals surface area (Å²) in [5, 5.41) is 2.18. The van der Waals surface area contributed by atoms with Gasteiger partial charge in [-0.3, -0.25) is 4.79 Å². The molecule has 3 rings (SSSR count). The van der Waals surface area contributed by atoms with Crippen molar-refractivity contribution in [3.63, 3.8) is 0 Å². The quantitative estimate of drug-likeness (QED) is 0.634. The molecular weight excluding hydrogens is 347 g/mol. The van der Waals surface area contributed by atoms with Crippen LogP contribution in [0.1, 0.15) is 12.0 Å². The number of hydrogen-bond acceptors (Lipinski definition) is 3. The Morgan fingerprint density at radius 3 is 2.58 bits per heavy atom. The third-order valence-corrected chi connectivity index (χ3v) is 4.48. The molecule has 0 radical (unpaired) electrons. The van der Waals surface area contributed by atoms with Gasteiger partial charge in [-0.25, -0.2) is 4.98 Å². The van der Waals surface area contributed by atoms with Crippen molar-refractivity contribution in [2.45, 2.75) is 12.8 Å². The van der Waals surface area contributed by atoms with E-state index in [1.807, 2.05) is 41.9 Å². The molecule has 1 aromatic carbocycles. The molecule has 0 spiro atoms. The average Bonchev–Trinajstić information content (AvgIpc) is 2.85. The first-order chi connectivity index (χ1) is 11.5. The third kappa shape index (κ3) is 3.12. The number of aromatic nitrogens is 2. The van der Waals surface area contributed by atoms with Crippen molar-refractivity contribution in [1.82, 2.24) is 9.55 Å². The molecule has 4 nitrogen and oxygen atoms in total. The molecule has 0 aliphatic heterocycles. The van der Waals surface area contributed by atoms with Crippen LogP contribution in [0.5, 0.6) is 0 Å². The molecule has 124 valence electrons. The Kier molecular flexibility index (Phi) is 4.78. The van der Waals surface area contributed by atoms with E-state index >= 15 is 0 Å². The fraction of sp³-hybridized carbons (Fsp3) is 0.222. The molecule has 2 aromatic heterocycles. The van der Waals surface area contributed by atoms with Gasteiger partial charge in [0.25, 0.3) is 0 Å². The maximum absolute atomic E-state index is 11.6. The van der Waals surface area contributed by atoms with E-state index in [1.165, 1.54) is 7.11 Å². The fourth-order valence-electron chi connectivity index (χ4n) is 2.92. The van der Waals surface area contributed by atoms with Crippen molar-refractivity contribution >= 4 is 40.2 Å². The third-order valence-electron chi connectivity index (χ3n) is 4.02. The number of hydrogen-bond donors (Lipinski definition) is 0. The second-order valence-electron chi connectivity index (χ2n) is 5.49. The molecule has 3 aromatic rings. The van der Waals surface area contributed by atoms with Crippen LogP contribution in [0.3, 0.4) is 0 Å². The lowest BCUT2D eigenvalue weighted by Crippen LogP contribution is -2.03. The number of carbonyl (C=O) groups excluding carboxylic acids is 1. The zero-order chi connectivity index (χ0) is 17.3. The van der Waals surface area contributed by atoms with E-state index < -0.39 is 0 Å². The molecule has 24 heavy (non-hydrogen) atoms. The summed E-state index contributed by atoms with van der Waals surface area (Å²) in [6, 6.07) is 9.49. The number of benzene rings is 1. The molecule has 0 aliphatic carbocycles. The highest BCUT2D eigenvalue weighted by Crippen LogP contribution is 2.34. The molecular formula is C18H16Cl2N2O2. The minimum atomic E-state index is -0.246. The summed E-state index contributed by atoms with van der Waals surface area (Å²) in [4.78, 5) is 16.0. The van der Waals surface area contributed by atoms with E-state index in [2.05, 4.69) is 4.98 Å². The Balaban J connectivity index is 2.20. The maximum Gasteiger partial charge on any atom is 0.305 e. The lowest BCUT2D eigenvalue weighted by Gasteiger charge is -2.08. The van der Waals surface area contributed by atoms with Gasteiger partial charge in [-0.15, -0.1) is 0 Å². The molecule has 0 bridgehead atoms. The summed E-state index contributed by atoms with van der Waals surface area (Å²) in [7, 11) is 3.35. The minimum Gasteiger partial charge on any atom is -0.469 e. The summed E-state index contributed by atoms with van der Waals surface area (Å²) in [6.07, 6.45) is 2.46. The predicted octanol–water partition coefficient (Wildman–Crippen LogP) is 4.65. The highest BCUT2D eigenvalue weighted by atomic mass is 35.5. The number of esters is 1. The van der Waals surface area contributed by atoms with Gasteiger partial charge in [0.15, 0.2) is 0 Å². The molecule has 0 unspecified atom stereocenters. The van der Waals surface area contributed by atoms with Crippen molar-refractivity contribution in [2.24, 2.45) is 7.05 Å². The highest BCUT2D eigenvalue weighted by Gasteiger charge is 2.19. The molecule has 0 saturated carbocycles. The zero-order valence-corrected chi connectivity index (χ0v) is 14.9. The predicted molar refractivity (Wildman–Crippen MR) is 96.5 cm³/mol. The van der Waals surface area contributed by atoms with E-state index in [-0.39, 0.29) is 5.97 Å². The number of methoxy groups -OCH3 is 1. The van der Waals surface area contributed by atoms with Gasteiger partial charge in [-0.2, -0.15) is 0 Å². The number of halogens is 2. The normalized spacial score (nSPS) is 11.0. The van der Waals surface area contributed by atoms with Crippen LogP contribution in [0, 0.1) is 0 Å². The molecule has 0 amide bonds. The largest absolute Gasteiger partial charge is 0.469 e. The average molecular weight is 363 g/mol. The van der Waals surface area contributed by atoms with Crippen LogP contribution < -0.4 is 0 Å². The Bertz CT molecular complexity index is 902. The van der Waals surface area contributed by atoms with Crippen molar-refractivity contribution in [3.8, 4) is 11.3 Å². The van der Waals surface area contributed by atoms with Gasteiger partial charge in [0, 0.05) is 30.1 Å². The van der Waals surface area contributed by atoms with Crippen LogP contribution in [-0.2, 0) is 23.0 Å². The highest BCUT2D eigenvalue weighted by molar-refractivity contribution is 6.31. The monoisotopic (exact) mass is 362 g/mol. The summed E-state index contributed by atoms with van der Waals surface area (Å²) in [5.74, 6) is -0.246. The lowest BCUT2D eigenvalue weighted by molar-refractivity contribution is -0.140. The number of aryl methyl sites for hydroxylation is 2. The first-order valence-corrected chi connectivity index (χ1v) is 8.22. The molecule has 0 saturated heterocycles. The number of rotatable bonds is 4. The van der Waals surface area contributed by atoms with E-state index in [0.29, 0.717) is 22.9 Å². The van der Waals surface area contributed by atoms with Crippen molar-refractivity contribution in [3.05, 3.63) is 52.1 Å². The van der Waals surface area contributed by atoms with Gasteiger partial charge in [-0.1, -0.05) is 35.3 Å². The van der Waals surface area contributed by atoms with Gasteiger partial charge >= 0.3 is 5.97 Å². The summed E-state index contributed by atoms with van der Waals surface area (Å²) in [5.41, 5.74) is 3.86. The summed E-state index contributed by atoms with van der Waals surface area (Å²) >= 11 is 12.1. The second kappa shape index (κ2) is 6.83. The van der Waals surface area contributed by atoms with Crippen molar-refractivity contribution in [2.75, 3.05) is 7.11 Å². The Morgan fingerprint density at radius 1 is 1.21 bits per heavy atom. The number of nitrogens with zero attached hydrogens (tertiary/aromatic N) is 2. The minimum absolute atomic E-state index is 0.246. The van der Waals surface area contributed by atoms with Gasteiger partial charge in [0.05, 0.1) is 17.8 Å². The number of carbonyl (C=O) groups is 1. The maximum atomic E-state index is 11.6. The van der Waals surface area contributed by atoms with Gasteiger partial charge in [0.2, 0.25) is 0 Å². The lowest BCUT2D eigenvalue weighted by atomic mass is 10.0. The van der Waals surface area contributed by atoms with Crippen LogP contribution in [0.2, 0.25) is 10.0 Å². The van der Waals surface area contributed by atoms with Gasteiger partial charge in [0.1, 0.15) is 5.65 Å². The van der Waals surface area contributed by atoms with Crippen molar-refractivity contribution < 1.29 is 9.53 Å². The topological polar surface area (TPSA) is 44.1 Å². The molecule has 0 aliphatic rings. The number of fused-ring (bicyclic) bond motifs is 1. The zero-order valence-electron chi connectivity index (χ0n) is 13.3. The van der Waals surface area contributed by atoms with Crippen LogP contribution in [0.25, 0.3) is 22.3 Å². The van der Waals surface area contributed by atoms with E-state index in [1.54, 1.807) is 6.20 Å². The fourth-order valence-corrected chi connectivity index (χ4v) is 3.20. The Morgan fingerprint density at radius 2 is 1.92 bits per heavy atom. The van der Waals surface area contributed by atoms with Crippen LogP contribution in [0.15, 0.2) is 36.5 Å². The van der Waals surface area contributed by atoms with Gasteiger partial charge < -0.3 is 9.30 Å². The summed E-state index contributed by atoms with van der Waals surface area (Å²) in [6.45, 7) is 0. The molecule has 0 fully saturated rings. The van der Waals surface area contributed by atoms with Gasteiger partial charge in [-0.05, 0) is 35.7 Å². The van der Waals surface area contributed by atoms with E-state index in [9.17, 15) is 4.79 Å². The van der Waals surface area contributed by atoms with Crippen LogP contribution in [0.4, 0.5) is 0 Å². The number of pyridine rings is 1.